The van der Waals surface area contributed by atoms with Crippen LogP contribution < -0.4 is 4.72 Å². The molecule has 0 spiro atoms. The minimum Gasteiger partial charge on any atom is -0.445 e. The molecule has 0 aromatic rings. The average molecular weight is 318 g/mol. The van der Waals surface area contributed by atoms with Gasteiger partial charge in [0.15, 0.2) is 0 Å². The number of hydrogen-bond donors (Lipinski definition) is 1. The third kappa shape index (κ3) is 8.98. The monoisotopic (exact) mass is 318 g/mol. The maximum Gasteiger partial charge on any atom is 0.422 e. The fourth-order valence-electron chi connectivity index (χ4n) is 1.22. The van der Waals surface area contributed by atoms with Crippen molar-refractivity contribution in [2.75, 3.05) is 19.7 Å². The number of nitrogens with zero attached hydrogens (tertiary/aromatic N) is 1. The Bertz CT molecular complexity index is 481. The number of nitrogens with one attached hydrogen (secondary N) is 1. The van der Waals surface area contributed by atoms with E-state index in [0.29, 0.717) is 6.29 Å². The van der Waals surface area contributed by atoms with E-state index in [0.717, 1.165) is 4.31 Å². The molecule has 0 heterocycles. The lowest BCUT2D eigenvalue weighted by Crippen LogP contribution is -2.44. The Labute approximate surface area is 125 Å². The van der Waals surface area contributed by atoms with E-state index in [1.807, 2.05) is 26.8 Å². The van der Waals surface area contributed by atoms with Crippen molar-refractivity contribution in [3.05, 3.63) is 24.8 Å². The molecule has 21 heavy (non-hydrogen) atoms. The molecular weight excluding hydrogens is 296 g/mol. The summed E-state index contributed by atoms with van der Waals surface area (Å²) >= 11 is 0. The summed E-state index contributed by atoms with van der Waals surface area (Å²) in [5.41, 5.74) is -0.0589. The van der Waals surface area contributed by atoms with Crippen LogP contribution in [0.1, 0.15) is 20.8 Å². The summed E-state index contributed by atoms with van der Waals surface area (Å²) in [5, 5.41) is 0. The molecule has 0 saturated carbocycles. The molecule has 0 aliphatic rings. The smallest absolute Gasteiger partial charge is 0.422 e. The van der Waals surface area contributed by atoms with Crippen LogP contribution in [0.4, 0.5) is 4.79 Å². The quantitative estimate of drug-likeness (QED) is 0.537. The summed E-state index contributed by atoms with van der Waals surface area (Å²) in [5.74, 6) is 0. The first kappa shape index (κ1) is 19.3. The number of carbonyl (C=O) groups is 2. The molecule has 0 saturated heterocycles. The normalized spacial score (nSPS) is 12.4. The summed E-state index contributed by atoms with van der Waals surface area (Å²) in [4.78, 5) is 21.8. The lowest BCUT2D eigenvalue weighted by molar-refractivity contribution is -0.108. The van der Waals surface area contributed by atoms with Gasteiger partial charge < -0.3 is 9.53 Å². The van der Waals surface area contributed by atoms with Crippen molar-refractivity contribution in [2.24, 2.45) is 5.41 Å². The Kier molecular flexibility index (Phi) is 7.90. The van der Waals surface area contributed by atoms with Gasteiger partial charge in [-0.3, -0.25) is 0 Å². The van der Waals surface area contributed by atoms with Crippen LogP contribution in [0.2, 0.25) is 0 Å². The van der Waals surface area contributed by atoms with Gasteiger partial charge >= 0.3 is 16.3 Å². The Morgan fingerprint density at radius 2 is 1.95 bits per heavy atom. The lowest BCUT2D eigenvalue weighted by atomic mass is 9.96. The number of amides is 1. The van der Waals surface area contributed by atoms with Crippen LogP contribution in [0.5, 0.6) is 0 Å². The van der Waals surface area contributed by atoms with Gasteiger partial charge in [-0.15, -0.1) is 6.58 Å². The number of ether oxygens (including phenoxy) is 1. The van der Waals surface area contributed by atoms with Gasteiger partial charge in [0.2, 0.25) is 0 Å². The van der Waals surface area contributed by atoms with Gasteiger partial charge in [0.05, 0.1) is 6.54 Å². The summed E-state index contributed by atoms with van der Waals surface area (Å²) in [7, 11) is -4.13. The van der Waals surface area contributed by atoms with E-state index in [4.69, 9.17) is 4.74 Å². The summed E-state index contributed by atoms with van der Waals surface area (Å²) in [6.45, 7) is 8.79. The molecule has 0 aliphatic carbocycles. The predicted octanol–water partition coefficient (Wildman–Crippen LogP) is 1.25. The van der Waals surface area contributed by atoms with Gasteiger partial charge in [-0.05, 0) is 5.41 Å². The molecule has 0 unspecified atom stereocenters. The van der Waals surface area contributed by atoms with Crippen molar-refractivity contribution in [3.8, 4) is 0 Å². The summed E-state index contributed by atoms with van der Waals surface area (Å²) in [6, 6.07) is 0. The van der Waals surface area contributed by atoms with Crippen LogP contribution in [0.15, 0.2) is 24.8 Å². The standard InChI is InChI=1S/C13H22N2O5S/c1-5-8-15(9-10-16)21(18,19)14-12(17)20-11-6-7-13(2,3)4/h5-7,10H,1,8-9,11H2,2-4H3,(H,14,17). The zero-order valence-electron chi connectivity index (χ0n) is 12.5. The van der Waals surface area contributed by atoms with E-state index >= 15 is 0 Å². The molecule has 1 N–H and O–H groups in total. The summed E-state index contributed by atoms with van der Waals surface area (Å²) in [6.07, 6.45) is 4.08. The fraction of sp³-hybridized carbons (Fsp3) is 0.538. The summed E-state index contributed by atoms with van der Waals surface area (Å²) < 4.78 is 30.8. The maximum absolute atomic E-state index is 11.8. The Morgan fingerprint density at radius 3 is 2.43 bits per heavy atom. The Hall–Kier alpha value is -1.67. The molecule has 0 atom stereocenters. The van der Waals surface area contributed by atoms with Crippen molar-refractivity contribution >= 4 is 22.6 Å². The number of allylic oxidation sites excluding steroid dienone is 1. The number of aldehydes is 1. The highest BCUT2D eigenvalue weighted by Crippen LogP contribution is 2.13. The van der Waals surface area contributed by atoms with Crippen LogP contribution in [0, 0.1) is 5.41 Å². The highest BCUT2D eigenvalue weighted by atomic mass is 32.2. The number of carbonyl (C=O) groups excluding carboxylic acids is 2. The van der Waals surface area contributed by atoms with Crippen LogP contribution in [-0.2, 0) is 19.7 Å². The zero-order chi connectivity index (χ0) is 16.5. The zero-order valence-corrected chi connectivity index (χ0v) is 13.4. The third-order valence-electron chi connectivity index (χ3n) is 2.09. The van der Waals surface area contributed by atoms with Crippen LogP contribution >= 0.6 is 0 Å². The second-order valence-electron chi connectivity index (χ2n) is 5.25. The van der Waals surface area contributed by atoms with E-state index in [1.54, 1.807) is 10.8 Å². The Balaban J connectivity index is 4.50. The minimum atomic E-state index is -4.13. The molecule has 0 fully saturated rings. The van der Waals surface area contributed by atoms with Crippen molar-refractivity contribution in [2.45, 2.75) is 20.8 Å². The van der Waals surface area contributed by atoms with Gasteiger partial charge in [-0.1, -0.05) is 39.0 Å². The molecule has 0 aromatic heterocycles. The second kappa shape index (κ2) is 8.58. The first-order chi connectivity index (χ1) is 9.62. The van der Waals surface area contributed by atoms with E-state index in [2.05, 4.69) is 6.58 Å². The second-order valence-corrected chi connectivity index (χ2v) is 6.92. The topological polar surface area (TPSA) is 92.8 Å². The van der Waals surface area contributed by atoms with E-state index < -0.39 is 16.3 Å². The minimum absolute atomic E-state index is 0.0479. The first-order valence-corrected chi connectivity index (χ1v) is 7.73. The maximum atomic E-state index is 11.8. The van der Waals surface area contributed by atoms with Crippen molar-refractivity contribution in [3.63, 3.8) is 0 Å². The van der Waals surface area contributed by atoms with Gasteiger partial charge in [-0.25, -0.2) is 9.52 Å². The van der Waals surface area contributed by atoms with E-state index in [9.17, 15) is 18.0 Å². The molecule has 0 radical (unpaired) electrons. The van der Waals surface area contributed by atoms with Crippen LogP contribution in [0.25, 0.3) is 0 Å². The average Bonchev–Trinajstić information content (AvgIpc) is 2.33. The molecular formula is C13H22N2O5S. The van der Waals surface area contributed by atoms with E-state index in [1.165, 1.54) is 6.08 Å². The van der Waals surface area contributed by atoms with Crippen molar-refractivity contribution in [1.29, 1.82) is 0 Å². The predicted molar refractivity (Wildman–Crippen MR) is 79.8 cm³/mol. The van der Waals surface area contributed by atoms with Gasteiger partial charge in [0.1, 0.15) is 12.9 Å². The molecule has 0 aromatic carbocycles. The number of rotatable bonds is 8. The van der Waals surface area contributed by atoms with Gasteiger partial charge in [0, 0.05) is 6.54 Å². The fourth-order valence-corrected chi connectivity index (χ4v) is 2.18. The lowest BCUT2D eigenvalue weighted by Gasteiger charge is -2.17. The van der Waals surface area contributed by atoms with Crippen molar-refractivity contribution < 1.29 is 22.7 Å². The first-order valence-electron chi connectivity index (χ1n) is 6.29. The SMILES string of the molecule is C=CCN(CC=O)S(=O)(=O)NC(=O)OCC=CC(C)(C)C. The van der Waals surface area contributed by atoms with Crippen LogP contribution in [0.3, 0.4) is 0 Å². The highest BCUT2D eigenvalue weighted by molar-refractivity contribution is 7.87. The van der Waals surface area contributed by atoms with E-state index in [-0.39, 0.29) is 25.1 Å². The Morgan fingerprint density at radius 1 is 1.33 bits per heavy atom. The molecule has 0 rings (SSSR count). The molecule has 7 nitrogen and oxygen atoms in total. The molecule has 1 amide bonds. The molecule has 0 aliphatic heterocycles. The molecule has 0 bridgehead atoms. The van der Waals surface area contributed by atoms with Crippen molar-refractivity contribution in [1.82, 2.24) is 9.03 Å². The third-order valence-corrected chi connectivity index (χ3v) is 3.49. The largest absolute Gasteiger partial charge is 0.445 e. The van der Waals surface area contributed by atoms with Crippen LogP contribution in [-0.4, -0.2) is 44.8 Å². The van der Waals surface area contributed by atoms with Gasteiger partial charge in [-0.2, -0.15) is 12.7 Å². The molecule has 8 heteroatoms. The molecule has 120 valence electrons. The highest BCUT2D eigenvalue weighted by Gasteiger charge is 2.23. The number of hydrogen-bond acceptors (Lipinski definition) is 5. The van der Waals surface area contributed by atoms with Gasteiger partial charge in [0.25, 0.3) is 0 Å².